The van der Waals surface area contributed by atoms with Crippen molar-refractivity contribution >= 4 is 6.04 Å². The lowest BCUT2D eigenvalue weighted by molar-refractivity contribution is -0.481. The Morgan fingerprint density at radius 3 is 1.48 bits per heavy atom. The molecule has 1 aliphatic rings. The SMILES string of the molecule is O=C(F)C(F)(OC(F)(F)C(F)(F)C(F)(F)C(F)(F)N1CCCC1)C(F)(F)F. The number of carbonyl (C=O) groups is 1. The van der Waals surface area contributed by atoms with E-state index in [0.29, 0.717) is 0 Å². The third kappa shape index (κ3) is 3.56. The van der Waals surface area contributed by atoms with E-state index in [0.717, 1.165) is 0 Å². The van der Waals surface area contributed by atoms with Crippen LogP contribution in [0.3, 0.4) is 0 Å². The Balaban J connectivity index is 3.35. The molecule has 1 saturated heterocycles. The highest BCUT2D eigenvalue weighted by molar-refractivity contribution is 5.77. The van der Waals surface area contributed by atoms with E-state index in [2.05, 4.69) is 0 Å². The van der Waals surface area contributed by atoms with Crippen LogP contribution in [0, 0.1) is 0 Å². The number of rotatable bonds is 7. The third-order valence-corrected chi connectivity index (χ3v) is 3.53. The Morgan fingerprint density at radius 2 is 1.15 bits per heavy atom. The van der Waals surface area contributed by atoms with Crippen molar-refractivity contribution in [2.24, 2.45) is 0 Å². The fourth-order valence-corrected chi connectivity index (χ4v) is 2.02. The van der Waals surface area contributed by atoms with Crippen LogP contribution in [0.15, 0.2) is 0 Å². The first kappa shape index (κ1) is 23.7. The van der Waals surface area contributed by atoms with Gasteiger partial charge in [0.2, 0.25) is 0 Å². The molecule has 1 rings (SSSR count). The second-order valence-electron chi connectivity index (χ2n) is 5.37. The molecule has 1 heterocycles. The predicted molar refractivity (Wildman–Crippen MR) is 57.7 cm³/mol. The minimum atomic E-state index is -7.50. The minimum Gasteiger partial charge on any atom is -0.261 e. The number of alkyl halides is 12. The molecule has 0 aromatic carbocycles. The fraction of sp³-hybridized carbons (Fsp3) is 0.909. The van der Waals surface area contributed by atoms with Gasteiger partial charge in [-0.05, 0) is 12.8 Å². The Kier molecular flexibility index (Phi) is 5.83. The summed E-state index contributed by atoms with van der Waals surface area (Å²) in [6.07, 6.45) is -14.9. The first-order valence-electron chi connectivity index (χ1n) is 6.68. The Hall–Kier alpha value is -1.32. The van der Waals surface area contributed by atoms with Crippen molar-refractivity contribution in [2.45, 2.75) is 48.9 Å². The zero-order valence-corrected chi connectivity index (χ0v) is 12.5. The van der Waals surface area contributed by atoms with E-state index in [1.807, 2.05) is 0 Å². The molecule has 0 aromatic rings. The van der Waals surface area contributed by atoms with Crippen LogP contribution in [0.5, 0.6) is 0 Å². The molecule has 0 amide bonds. The highest BCUT2D eigenvalue weighted by atomic mass is 19.4. The van der Waals surface area contributed by atoms with Crippen LogP contribution in [0.25, 0.3) is 0 Å². The van der Waals surface area contributed by atoms with Gasteiger partial charge in [0.1, 0.15) is 0 Å². The van der Waals surface area contributed by atoms with E-state index in [1.54, 1.807) is 4.74 Å². The van der Waals surface area contributed by atoms with Crippen LogP contribution in [-0.2, 0) is 9.53 Å². The summed E-state index contributed by atoms with van der Waals surface area (Å²) < 4.78 is 171. The number of hydrogen-bond acceptors (Lipinski definition) is 3. The molecule has 3 nitrogen and oxygen atoms in total. The second kappa shape index (κ2) is 6.63. The van der Waals surface area contributed by atoms with Crippen molar-refractivity contribution in [3.63, 3.8) is 0 Å². The van der Waals surface area contributed by atoms with Gasteiger partial charge in [-0.3, -0.25) is 9.53 Å². The normalized spacial score (nSPS) is 20.6. The van der Waals surface area contributed by atoms with Crippen LogP contribution in [0.1, 0.15) is 12.8 Å². The van der Waals surface area contributed by atoms with E-state index < -0.39 is 60.1 Å². The third-order valence-electron chi connectivity index (χ3n) is 3.53. The minimum absolute atomic E-state index is 0.220. The molecule has 0 saturated carbocycles. The second-order valence-corrected chi connectivity index (χ2v) is 5.37. The summed E-state index contributed by atoms with van der Waals surface area (Å²) in [6.45, 7) is -1.91. The van der Waals surface area contributed by atoms with Gasteiger partial charge in [0.25, 0.3) is 0 Å². The summed E-state index contributed by atoms with van der Waals surface area (Å²) in [6, 6.07) is -10.5. The summed E-state index contributed by atoms with van der Waals surface area (Å²) >= 11 is 0. The number of likely N-dealkylation sites (tertiary alicyclic amines) is 1. The van der Waals surface area contributed by atoms with E-state index in [-0.39, 0.29) is 12.8 Å². The van der Waals surface area contributed by atoms with Gasteiger partial charge in [0, 0.05) is 13.1 Å². The fourth-order valence-electron chi connectivity index (χ4n) is 2.02. The van der Waals surface area contributed by atoms with Crippen molar-refractivity contribution in [3.05, 3.63) is 0 Å². The molecule has 1 unspecified atom stereocenters. The van der Waals surface area contributed by atoms with Gasteiger partial charge < -0.3 is 0 Å². The van der Waals surface area contributed by atoms with Gasteiger partial charge in [-0.15, -0.1) is 0 Å². The molecule has 0 bridgehead atoms. The zero-order valence-electron chi connectivity index (χ0n) is 12.5. The van der Waals surface area contributed by atoms with Crippen LogP contribution < -0.4 is 0 Å². The highest BCUT2D eigenvalue weighted by Crippen LogP contribution is 2.56. The van der Waals surface area contributed by atoms with Crippen molar-refractivity contribution < 1.29 is 66.6 Å². The van der Waals surface area contributed by atoms with Crippen molar-refractivity contribution in [3.8, 4) is 0 Å². The monoisotopic (exact) mass is 433 g/mol. The van der Waals surface area contributed by atoms with Gasteiger partial charge in [0.05, 0.1) is 0 Å². The van der Waals surface area contributed by atoms with Gasteiger partial charge in [-0.25, -0.2) is 4.90 Å². The molecule has 1 aliphatic heterocycles. The van der Waals surface area contributed by atoms with Crippen molar-refractivity contribution in [1.82, 2.24) is 4.90 Å². The maximum Gasteiger partial charge on any atom is 0.459 e. The van der Waals surface area contributed by atoms with Crippen LogP contribution in [-0.4, -0.2) is 60.1 Å². The lowest BCUT2D eigenvalue weighted by atomic mass is 10.1. The molecular formula is C11H8F13NO2. The highest BCUT2D eigenvalue weighted by Gasteiger charge is 2.85. The smallest absolute Gasteiger partial charge is 0.261 e. The molecule has 160 valence electrons. The van der Waals surface area contributed by atoms with E-state index in [4.69, 9.17) is 0 Å². The van der Waals surface area contributed by atoms with Crippen LogP contribution in [0.2, 0.25) is 0 Å². The molecule has 0 radical (unpaired) electrons. The summed E-state index contributed by atoms with van der Waals surface area (Å²) in [5, 5.41) is 0. The Morgan fingerprint density at radius 1 is 0.741 bits per heavy atom. The number of nitrogens with zero attached hydrogens (tertiary/aromatic N) is 1. The Labute approximate surface area is 141 Å². The van der Waals surface area contributed by atoms with E-state index in [9.17, 15) is 61.9 Å². The van der Waals surface area contributed by atoms with Gasteiger partial charge in [0.15, 0.2) is 0 Å². The number of carbonyl (C=O) groups excluding carboxylic acids is 1. The van der Waals surface area contributed by atoms with Crippen molar-refractivity contribution in [2.75, 3.05) is 13.1 Å². The van der Waals surface area contributed by atoms with Gasteiger partial charge in [-0.2, -0.15) is 57.1 Å². The van der Waals surface area contributed by atoms with Crippen LogP contribution >= 0.6 is 0 Å². The summed E-state index contributed by atoms with van der Waals surface area (Å²) in [4.78, 5) is 9.31. The average molecular weight is 433 g/mol. The van der Waals surface area contributed by atoms with Gasteiger partial charge >= 0.3 is 42.1 Å². The standard InChI is InChI=1S/C11H8F13NO2/c12-5(26)6(13,9(18,19)20)27-11(23,24)8(16,17)7(14,15)10(21,22)25-3-1-2-4-25/h1-4H2. The molecular weight excluding hydrogens is 425 g/mol. The molecule has 1 fully saturated rings. The predicted octanol–water partition coefficient (Wildman–Crippen LogP) is 4.28. The number of ether oxygens (including phenoxy) is 1. The summed E-state index contributed by atoms with van der Waals surface area (Å²) in [7, 11) is 0. The maximum atomic E-state index is 13.6. The molecule has 0 spiro atoms. The Bertz CT molecular complexity index is 569. The molecule has 0 aliphatic carbocycles. The quantitative estimate of drug-likeness (QED) is 0.341. The molecule has 1 atom stereocenters. The number of halogens is 13. The zero-order chi connectivity index (χ0) is 21.7. The topological polar surface area (TPSA) is 29.5 Å². The first-order chi connectivity index (χ1) is 11.8. The average Bonchev–Trinajstić information content (AvgIpc) is 2.99. The van der Waals surface area contributed by atoms with Gasteiger partial charge in [-0.1, -0.05) is 0 Å². The first-order valence-corrected chi connectivity index (χ1v) is 6.68. The lowest BCUT2D eigenvalue weighted by Gasteiger charge is -2.40. The lowest BCUT2D eigenvalue weighted by Crippen LogP contribution is -2.69. The van der Waals surface area contributed by atoms with Crippen LogP contribution in [0.4, 0.5) is 57.1 Å². The molecule has 16 heteroatoms. The molecule has 0 N–H and O–H groups in total. The molecule has 27 heavy (non-hydrogen) atoms. The van der Waals surface area contributed by atoms with Crippen molar-refractivity contribution in [1.29, 1.82) is 0 Å². The van der Waals surface area contributed by atoms with E-state index in [1.165, 1.54) is 0 Å². The number of hydrogen-bond donors (Lipinski definition) is 0. The summed E-state index contributed by atoms with van der Waals surface area (Å²) in [5.41, 5.74) is 0. The maximum absolute atomic E-state index is 13.6. The summed E-state index contributed by atoms with van der Waals surface area (Å²) in [5.74, 6) is -21.4. The largest absolute Gasteiger partial charge is 0.459 e. The van der Waals surface area contributed by atoms with E-state index >= 15 is 0 Å². The molecule has 0 aromatic heterocycles.